The van der Waals surface area contributed by atoms with Crippen LogP contribution < -0.4 is 9.47 Å². The van der Waals surface area contributed by atoms with Crippen LogP contribution in [0.4, 0.5) is 0 Å². The largest absolute Gasteiger partial charge is 0.493 e. The minimum absolute atomic E-state index is 0.0577. The first-order valence-corrected chi connectivity index (χ1v) is 9.36. The number of methoxy groups -OCH3 is 1. The molecular formula is C20H27NO5. The number of rotatable bonds is 5. The van der Waals surface area contributed by atoms with E-state index in [4.69, 9.17) is 9.47 Å². The molecule has 0 bridgehead atoms. The predicted octanol–water partition coefficient (Wildman–Crippen LogP) is 3.20. The fourth-order valence-corrected chi connectivity index (χ4v) is 3.97. The van der Waals surface area contributed by atoms with Crippen molar-refractivity contribution in [2.45, 2.75) is 45.1 Å². The highest BCUT2D eigenvalue weighted by atomic mass is 16.5. The standard InChI is InChI=1S/C20H27NO5/c1-13-12-21(10-9-16(13)20(23)24)19(22)14-7-8-17(25-2)18(11-14)26-15-5-3-4-6-15/h7-8,11,13,15-16H,3-6,9-10,12H2,1-2H3,(H,23,24). The van der Waals surface area contributed by atoms with Gasteiger partial charge in [-0.3, -0.25) is 9.59 Å². The minimum Gasteiger partial charge on any atom is -0.493 e. The maximum Gasteiger partial charge on any atom is 0.306 e. The fraction of sp³-hybridized carbons (Fsp3) is 0.600. The van der Waals surface area contributed by atoms with Gasteiger partial charge in [0, 0.05) is 18.7 Å². The van der Waals surface area contributed by atoms with Crippen LogP contribution in [-0.4, -0.2) is 48.2 Å². The summed E-state index contributed by atoms with van der Waals surface area (Å²) in [5.74, 6) is -0.0557. The van der Waals surface area contributed by atoms with E-state index in [-0.39, 0.29) is 23.8 Å². The molecule has 1 amide bonds. The molecule has 2 atom stereocenters. The molecule has 2 fully saturated rings. The third kappa shape index (κ3) is 3.94. The van der Waals surface area contributed by atoms with Gasteiger partial charge in [-0.05, 0) is 56.2 Å². The predicted molar refractivity (Wildman–Crippen MR) is 96.7 cm³/mol. The monoisotopic (exact) mass is 361 g/mol. The Bertz CT molecular complexity index is 668. The summed E-state index contributed by atoms with van der Waals surface area (Å²) in [4.78, 5) is 25.9. The Kier molecular flexibility index (Phi) is 5.69. The van der Waals surface area contributed by atoms with Crippen LogP contribution in [0.5, 0.6) is 11.5 Å². The summed E-state index contributed by atoms with van der Waals surface area (Å²) in [6.07, 6.45) is 5.07. The number of hydrogen-bond donors (Lipinski definition) is 1. The van der Waals surface area contributed by atoms with Crippen LogP contribution in [0.2, 0.25) is 0 Å². The van der Waals surface area contributed by atoms with Crippen molar-refractivity contribution in [3.05, 3.63) is 23.8 Å². The summed E-state index contributed by atoms with van der Waals surface area (Å²) < 4.78 is 11.4. The topological polar surface area (TPSA) is 76.1 Å². The summed E-state index contributed by atoms with van der Waals surface area (Å²) in [5.41, 5.74) is 0.555. The maximum atomic E-state index is 12.9. The number of aliphatic carboxylic acids is 1. The molecule has 1 aliphatic heterocycles. The van der Waals surface area contributed by atoms with Crippen molar-refractivity contribution in [3.63, 3.8) is 0 Å². The summed E-state index contributed by atoms with van der Waals surface area (Å²) in [7, 11) is 1.59. The molecule has 0 spiro atoms. The summed E-state index contributed by atoms with van der Waals surface area (Å²) in [5, 5.41) is 9.25. The highest BCUT2D eigenvalue weighted by Crippen LogP contribution is 2.33. The molecule has 6 heteroatoms. The molecule has 1 aromatic rings. The SMILES string of the molecule is COc1ccc(C(=O)N2CCC(C(=O)O)C(C)C2)cc1OC1CCCC1. The minimum atomic E-state index is -0.777. The molecule has 1 saturated carbocycles. The molecule has 26 heavy (non-hydrogen) atoms. The Morgan fingerprint density at radius 1 is 1.15 bits per heavy atom. The lowest BCUT2D eigenvalue weighted by atomic mass is 9.87. The molecule has 1 aliphatic carbocycles. The van der Waals surface area contributed by atoms with E-state index in [1.807, 2.05) is 6.92 Å². The Labute approximate surface area is 154 Å². The van der Waals surface area contributed by atoms with E-state index in [0.29, 0.717) is 36.6 Å². The third-order valence-electron chi connectivity index (χ3n) is 5.52. The van der Waals surface area contributed by atoms with Gasteiger partial charge in [-0.2, -0.15) is 0 Å². The molecule has 1 N–H and O–H groups in total. The van der Waals surface area contributed by atoms with Gasteiger partial charge >= 0.3 is 5.97 Å². The number of nitrogens with zero attached hydrogens (tertiary/aromatic N) is 1. The molecule has 0 aromatic heterocycles. The number of amides is 1. The number of likely N-dealkylation sites (tertiary alicyclic amines) is 1. The average Bonchev–Trinajstić information content (AvgIpc) is 3.13. The number of carbonyl (C=O) groups is 2. The molecule has 2 aliphatic rings. The van der Waals surface area contributed by atoms with Gasteiger partial charge in [-0.1, -0.05) is 6.92 Å². The first-order chi connectivity index (χ1) is 12.5. The van der Waals surface area contributed by atoms with Crippen LogP contribution in [0.25, 0.3) is 0 Å². The van der Waals surface area contributed by atoms with Crippen molar-refractivity contribution in [2.24, 2.45) is 11.8 Å². The number of carboxylic acid groups (broad SMARTS) is 1. The van der Waals surface area contributed by atoms with Gasteiger partial charge in [0.1, 0.15) is 0 Å². The number of carbonyl (C=O) groups excluding carboxylic acids is 1. The number of piperidine rings is 1. The number of hydrogen-bond acceptors (Lipinski definition) is 4. The second-order valence-corrected chi connectivity index (χ2v) is 7.35. The molecule has 142 valence electrons. The van der Waals surface area contributed by atoms with Crippen molar-refractivity contribution < 1.29 is 24.2 Å². The molecular weight excluding hydrogens is 334 g/mol. The zero-order valence-corrected chi connectivity index (χ0v) is 15.4. The van der Waals surface area contributed by atoms with Gasteiger partial charge in [0.2, 0.25) is 0 Å². The number of ether oxygens (including phenoxy) is 2. The zero-order valence-electron chi connectivity index (χ0n) is 15.4. The summed E-state index contributed by atoms with van der Waals surface area (Å²) in [6, 6.07) is 5.27. The maximum absolute atomic E-state index is 12.9. The summed E-state index contributed by atoms with van der Waals surface area (Å²) in [6.45, 7) is 2.81. The van der Waals surface area contributed by atoms with Crippen molar-refractivity contribution >= 4 is 11.9 Å². The first kappa shape index (κ1) is 18.5. The smallest absolute Gasteiger partial charge is 0.306 e. The van der Waals surface area contributed by atoms with Crippen LogP contribution in [-0.2, 0) is 4.79 Å². The van der Waals surface area contributed by atoms with E-state index in [2.05, 4.69) is 0 Å². The van der Waals surface area contributed by atoms with Gasteiger partial charge in [0.25, 0.3) is 5.91 Å². The van der Waals surface area contributed by atoms with Crippen molar-refractivity contribution in [3.8, 4) is 11.5 Å². The van der Waals surface area contributed by atoms with E-state index in [9.17, 15) is 14.7 Å². The Balaban J connectivity index is 1.73. The van der Waals surface area contributed by atoms with Crippen LogP contribution >= 0.6 is 0 Å². The van der Waals surface area contributed by atoms with E-state index in [1.54, 1.807) is 30.2 Å². The van der Waals surface area contributed by atoms with E-state index in [0.717, 1.165) is 12.8 Å². The van der Waals surface area contributed by atoms with Crippen LogP contribution in [0.15, 0.2) is 18.2 Å². The molecule has 6 nitrogen and oxygen atoms in total. The Hall–Kier alpha value is -2.24. The fourth-order valence-electron chi connectivity index (χ4n) is 3.97. The Morgan fingerprint density at radius 2 is 1.88 bits per heavy atom. The van der Waals surface area contributed by atoms with Crippen LogP contribution in [0.3, 0.4) is 0 Å². The van der Waals surface area contributed by atoms with Gasteiger partial charge < -0.3 is 19.5 Å². The quantitative estimate of drug-likeness (QED) is 0.871. The van der Waals surface area contributed by atoms with E-state index in [1.165, 1.54) is 12.8 Å². The van der Waals surface area contributed by atoms with E-state index >= 15 is 0 Å². The highest BCUT2D eigenvalue weighted by Gasteiger charge is 2.33. The molecule has 2 unspecified atom stereocenters. The molecule has 1 aromatic carbocycles. The van der Waals surface area contributed by atoms with Gasteiger partial charge in [-0.15, -0.1) is 0 Å². The van der Waals surface area contributed by atoms with Crippen molar-refractivity contribution in [1.29, 1.82) is 0 Å². The molecule has 3 rings (SSSR count). The highest BCUT2D eigenvalue weighted by molar-refractivity contribution is 5.95. The molecule has 0 radical (unpaired) electrons. The van der Waals surface area contributed by atoms with Crippen molar-refractivity contribution in [1.82, 2.24) is 4.90 Å². The lowest BCUT2D eigenvalue weighted by molar-refractivity contribution is -0.145. The van der Waals surface area contributed by atoms with Crippen LogP contribution in [0, 0.1) is 11.8 Å². The third-order valence-corrected chi connectivity index (χ3v) is 5.52. The number of benzene rings is 1. The second-order valence-electron chi connectivity index (χ2n) is 7.35. The van der Waals surface area contributed by atoms with Gasteiger partial charge in [0.05, 0.1) is 19.1 Å². The zero-order chi connectivity index (χ0) is 18.7. The first-order valence-electron chi connectivity index (χ1n) is 9.36. The van der Waals surface area contributed by atoms with Crippen LogP contribution in [0.1, 0.15) is 49.4 Å². The van der Waals surface area contributed by atoms with E-state index < -0.39 is 5.97 Å². The average molecular weight is 361 g/mol. The van der Waals surface area contributed by atoms with Gasteiger partial charge in [-0.25, -0.2) is 0 Å². The lowest BCUT2D eigenvalue weighted by Crippen LogP contribution is -2.45. The lowest BCUT2D eigenvalue weighted by Gasteiger charge is -2.35. The van der Waals surface area contributed by atoms with Gasteiger partial charge in [0.15, 0.2) is 11.5 Å². The normalized spacial score (nSPS) is 23.7. The molecule has 1 heterocycles. The Morgan fingerprint density at radius 3 is 2.50 bits per heavy atom. The number of carboxylic acids is 1. The van der Waals surface area contributed by atoms with Crippen molar-refractivity contribution in [2.75, 3.05) is 20.2 Å². The second kappa shape index (κ2) is 7.98. The summed E-state index contributed by atoms with van der Waals surface area (Å²) >= 11 is 0. The molecule has 1 saturated heterocycles.